The smallest absolute Gasteiger partial charge is 0.236 e. The van der Waals surface area contributed by atoms with E-state index in [0.29, 0.717) is 6.54 Å². The molecule has 1 unspecified atom stereocenters. The molecule has 5 nitrogen and oxygen atoms in total. The minimum Gasteiger partial charge on any atom is -0.342 e. The summed E-state index contributed by atoms with van der Waals surface area (Å²) >= 11 is 0. The summed E-state index contributed by atoms with van der Waals surface area (Å²) in [5, 5.41) is 8.90. The van der Waals surface area contributed by atoms with Crippen molar-refractivity contribution in [1.82, 2.24) is 14.7 Å². The van der Waals surface area contributed by atoms with Gasteiger partial charge >= 0.3 is 0 Å². The molecular formula is C14H24N4O. The number of likely N-dealkylation sites (tertiary alicyclic amines) is 1. The van der Waals surface area contributed by atoms with Crippen molar-refractivity contribution < 1.29 is 4.79 Å². The third-order valence-electron chi connectivity index (χ3n) is 4.21. The Morgan fingerprint density at radius 1 is 1.11 bits per heavy atom. The Morgan fingerprint density at radius 3 is 2.32 bits per heavy atom. The average Bonchev–Trinajstić information content (AvgIpc) is 2.48. The molecule has 2 fully saturated rings. The van der Waals surface area contributed by atoms with Crippen LogP contribution >= 0.6 is 0 Å². The highest BCUT2D eigenvalue weighted by atomic mass is 16.2. The summed E-state index contributed by atoms with van der Waals surface area (Å²) in [7, 11) is 0. The van der Waals surface area contributed by atoms with Crippen LogP contribution in [0.3, 0.4) is 0 Å². The van der Waals surface area contributed by atoms with Crippen LogP contribution in [-0.4, -0.2) is 72.5 Å². The van der Waals surface area contributed by atoms with Crippen molar-refractivity contribution in [3.8, 4) is 6.07 Å². The average molecular weight is 264 g/mol. The lowest BCUT2D eigenvalue weighted by atomic mass is 10.1. The zero-order chi connectivity index (χ0) is 13.7. The predicted octanol–water partition coefficient (Wildman–Crippen LogP) is 0.529. The highest BCUT2D eigenvalue weighted by Crippen LogP contribution is 2.10. The standard InChI is InChI=1S/C14H24N4O/c1-13(11-15)17-9-7-16(8-10-17)12-14(19)18-5-3-2-4-6-18/h13H,2-10,12H2,1H3. The van der Waals surface area contributed by atoms with Gasteiger partial charge in [0.25, 0.3) is 0 Å². The predicted molar refractivity (Wildman–Crippen MR) is 73.5 cm³/mol. The first kappa shape index (κ1) is 14.3. The third kappa shape index (κ3) is 3.92. The molecule has 0 aromatic heterocycles. The Morgan fingerprint density at radius 2 is 1.74 bits per heavy atom. The van der Waals surface area contributed by atoms with Crippen molar-refractivity contribution in [2.75, 3.05) is 45.8 Å². The second-order valence-electron chi connectivity index (χ2n) is 5.56. The van der Waals surface area contributed by atoms with Gasteiger partial charge in [-0.1, -0.05) is 0 Å². The molecule has 19 heavy (non-hydrogen) atoms. The van der Waals surface area contributed by atoms with Crippen LogP contribution in [0.4, 0.5) is 0 Å². The number of amides is 1. The number of carbonyl (C=O) groups excluding carboxylic acids is 1. The van der Waals surface area contributed by atoms with Crippen LogP contribution in [0.25, 0.3) is 0 Å². The van der Waals surface area contributed by atoms with Gasteiger partial charge in [-0.3, -0.25) is 14.6 Å². The highest BCUT2D eigenvalue weighted by Gasteiger charge is 2.24. The van der Waals surface area contributed by atoms with Crippen LogP contribution in [0.15, 0.2) is 0 Å². The molecule has 0 saturated carbocycles. The fourth-order valence-electron chi connectivity index (χ4n) is 2.82. The molecule has 106 valence electrons. The summed E-state index contributed by atoms with van der Waals surface area (Å²) in [6.07, 6.45) is 3.56. The number of nitriles is 1. The monoisotopic (exact) mass is 264 g/mol. The Labute approximate surface area is 115 Å². The summed E-state index contributed by atoms with van der Waals surface area (Å²) in [5.41, 5.74) is 0. The summed E-state index contributed by atoms with van der Waals surface area (Å²) < 4.78 is 0. The fraction of sp³-hybridized carbons (Fsp3) is 0.857. The SMILES string of the molecule is CC(C#N)N1CCN(CC(=O)N2CCCCC2)CC1. The van der Waals surface area contributed by atoms with Gasteiger partial charge in [0, 0.05) is 39.3 Å². The Kier molecular flexibility index (Phi) is 5.17. The van der Waals surface area contributed by atoms with E-state index in [1.807, 2.05) is 11.8 Å². The molecular weight excluding hydrogens is 240 g/mol. The van der Waals surface area contributed by atoms with Crippen LogP contribution in [0.5, 0.6) is 0 Å². The molecule has 0 N–H and O–H groups in total. The number of piperazine rings is 1. The third-order valence-corrected chi connectivity index (χ3v) is 4.21. The van der Waals surface area contributed by atoms with E-state index >= 15 is 0 Å². The maximum atomic E-state index is 12.2. The lowest BCUT2D eigenvalue weighted by Gasteiger charge is -2.36. The number of hydrogen-bond acceptors (Lipinski definition) is 4. The minimum atomic E-state index is -0.0139. The van der Waals surface area contributed by atoms with E-state index in [-0.39, 0.29) is 11.9 Å². The molecule has 0 spiro atoms. The summed E-state index contributed by atoms with van der Waals surface area (Å²) in [6.45, 7) is 7.93. The van der Waals surface area contributed by atoms with Crippen LogP contribution in [0.1, 0.15) is 26.2 Å². The highest BCUT2D eigenvalue weighted by molar-refractivity contribution is 5.78. The molecule has 0 bridgehead atoms. The zero-order valence-corrected chi connectivity index (χ0v) is 11.8. The van der Waals surface area contributed by atoms with Crippen molar-refractivity contribution in [3.63, 3.8) is 0 Å². The van der Waals surface area contributed by atoms with Crippen molar-refractivity contribution in [3.05, 3.63) is 0 Å². The molecule has 2 aliphatic heterocycles. The lowest BCUT2D eigenvalue weighted by molar-refractivity contribution is -0.133. The van der Waals surface area contributed by atoms with Gasteiger partial charge in [-0.2, -0.15) is 5.26 Å². The van der Waals surface area contributed by atoms with Crippen molar-refractivity contribution in [2.24, 2.45) is 0 Å². The Bertz CT molecular complexity index is 338. The summed E-state index contributed by atoms with van der Waals surface area (Å²) in [6, 6.07) is 2.26. The first-order valence-electron chi connectivity index (χ1n) is 7.34. The number of carbonyl (C=O) groups is 1. The maximum Gasteiger partial charge on any atom is 0.236 e. The van der Waals surface area contributed by atoms with Gasteiger partial charge in [0.1, 0.15) is 0 Å². The fourth-order valence-corrected chi connectivity index (χ4v) is 2.82. The lowest BCUT2D eigenvalue weighted by Crippen LogP contribution is -2.52. The van der Waals surface area contributed by atoms with Gasteiger partial charge in [0.15, 0.2) is 0 Å². The molecule has 0 radical (unpaired) electrons. The van der Waals surface area contributed by atoms with Crippen LogP contribution in [0, 0.1) is 11.3 Å². The number of nitrogens with zero attached hydrogens (tertiary/aromatic N) is 4. The molecule has 1 amide bonds. The van der Waals surface area contributed by atoms with Gasteiger partial charge in [0.2, 0.25) is 5.91 Å². The molecule has 0 aliphatic carbocycles. The zero-order valence-electron chi connectivity index (χ0n) is 11.8. The van der Waals surface area contributed by atoms with E-state index in [4.69, 9.17) is 5.26 Å². The number of piperidine rings is 1. The topological polar surface area (TPSA) is 50.6 Å². The van der Waals surface area contributed by atoms with Gasteiger partial charge in [-0.15, -0.1) is 0 Å². The molecule has 2 saturated heterocycles. The quantitative estimate of drug-likeness (QED) is 0.746. The normalized spacial score (nSPS) is 23.9. The van der Waals surface area contributed by atoms with E-state index < -0.39 is 0 Å². The Hall–Kier alpha value is -1.12. The van der Waals surface area contributed by atoms with Crippen molar-refractivity contribution >= 4 is 5.91 Å². The van der Waals surface area contributed by atoms with Gasteiger partial charge < -0.3 is 4.90 Å². The van der Waals surface area contributed by atoms with E-state index in [2.05, 4.69) is 15.9 Å². The number of rotatable bonds is 3. The first-order chi connectivity index (χ1) is 9.20. The van der Waals surface area contributed by atoms with Crippen LogP contribution in [0.2, 0.25) is 0 Å². The van der Waals surface area contributed by atoms with E-state index in [0.717, 1.165) is 52.1 Å². The summed E-state index contributed by atoms with van der Waals surface area (Å²) in [4.78, 5) is 18.6. The summed E-state index contributed by atoms with van der Waals surface area (Å²) in [5.74, 6) is 0.279. The van der Waals surface area contributed by atoms with Crippen molar-refractivity contribution in [1.29, 1.82) is 5.26 Å². The molecule has 0 aromatic rings. The van der Waals surface area contributed by atoms with E-state index in [9.17, 15) is 4.79 Å². The largest absolute Gasteiger partial charge is 0.342 e. The number of hydrogen-bond donors (Lipinski definition) is 0. The Balaban J connectivity index is 1.73. The molecule has 2 aliphatic rings. The molecule has 1 atom stereocenters. The first-order valence-corrected chi connectivity index (χ1v) is 7.34. The van der Waals surface area contributed by atoms with Crippen LogP contribution in [-0.2, 0) is 4.79 Å². The second-order valence-corrected chi connectivity index (χ2v) is 5.56. The maximum absolute atomic E-state index is 12.2. The van der Waals surface area contributed by atoms with Crippen LogP contribution < -0.4 is 0 Å². The van der Waals surface area contributed by atoms with Gasteiger partial charge in [0.05, 0.1) is 18.7 Å². The molecule has 2 heterocycles. The molecule has 5 heteroatoms. The van der Waals surface area contributed by atoms with Gasteiger partial charge in [-0.05, 0) is 26.2 Å². The second kappa shape index (κ2) is 6.88. The van der Waals surface area contributed by atoms with Gasteiger partial charge in [-0.25, -0.2) is 0 Å². The molecule has 2 rings (SSSR count). The van der Waals surface area contributed by atoms with E-state index in [1.165, 1.54) is 6.42 Å². The van der Waals surface area contributed by atoms with Crippen molar-refractivity contribution in [2.45, 2.75) is 32.2 Å². The molecule has 0 aromatic carbocycles. The minimum absolute atomic E-state index is 0.0139. The van der Waals surface area contributed by atoms with E-state index in [1.54, 1.807) is 0 Å².